The maximum atomic E-state index is 12.2. The van der Waals surface area contributed by atoms with E-state index in [1.54, 1.807) is 13.1 Å². The largest absolute Gasteiger partial charge is 0.467 e. The molecule has 24 heavy (non-hydrogen) atoms. The Morgan fingerprint density at radius 1 is 1.38 bits per heavy atom. The van der Waals surface area contributed by atoms with Crippen molar-refractivity contribution in [2.24, 2.45) is 5.73 Å². The van der Waals surface area contributed by atoms with Crippen LogP contribution in [0.5, 0.6) is 0 Å². The number of hydrogen-bond acceptors (Lipinski definition) is 5. The number of benzene rings is 1. The second kappa shape index (κ2) is 10.1. The van der Waals surface area contributed by atoms with Crippen LogP contribution in [0.1, 0.15) is 21.7 Å². The summed E-state index contributed by atoms with van der Waals surface area (Å²) in [6.07, 6.45) is 0.618. The summed E-state index contributed by atoms with van der Waals surface area (Å²) >= 11 is 0. The fourth-order valence-corrected chi connectivity index (χ4v) is 2.16. The summed E-state index contributed by atoms with van der Waals surface area (Å²) in [7, 11) is 1.62. The van der Waals surface area contributed by atoms with E-state index in [0.29, 0.717) is 17.9 Å². The fourth-order valence-electron chi connectivity index (χ4n) is 2.16. The van der Waals surface area contributed by atoms with E-state index in [9.17, 15) is 9.90 Å². The molecule has 2 rings (SSSR count). The van der Waals surface area contributed by atoms with E-state index >= 15 is 0 Å². The van der Waals surface area contributed by atoms with Crippen molar-refractivity contribution in [3.8, 4) is 0 Å². The SMILES string of the molecule is CN(CC(O)COCc1ccccc1)C(=O)c1coc(CN)c1.Cl. The predicted molar refractivity (Wildman–Crippen MR) is 92.9 cm³/mol. The third kappa shape index (κ3) is 5.98. The maximum Gasteiger partial charge on any atom is 0.256 e. The van der Waals surface area contributed by atoms with E-state index in [4.69, 9.17) is 14.9 Å². The van der Waals surface area contributed by atoms with Crippen LogP contribution < -0.4 is 5.73 Å². The number of nitrogens with two attached hydrogens (primary N) is 1. The molecular weight excluding hydrogens is 332 g/mol. The van der Waals surface area contributed by atoms with E-state index in [-0.39, 0.29) is 38.0 Å². The summed E-state index contributed by atoms with van der Waals surface area (Å²) in [5, 5.41) is 9.98. The van der Waals surface area contributed by atoms with E-state index in [1.165, 1.54) is 11.2 Å². The number of halogens is 1. The van der Waals surface area contributed by atoms with Crippen molar-refractivity contribution < 1.29 is 19.1 Å². The minimum atomic E-state index is -0.756. The number of aliphatic hydroxyl groups excluding tert-OH is 1. The molecule has 3 N–H and O–H groups in total. The number of rotatable bonds is 8. The molecule has 1 atom stereocenters. The third-order valence-corrected chi connectivity index (χ3v) is 3.35. The normalized spacial score (nSPS) is 11.6. The van der Waals surface area contributed by atoms with Crippen LogP contribution in [0, 0.1) is 0 Å². The van der Waals surface area contributed by atoms with Gasteiger partial charge in [0.05, 0.1) is 31.4 Å². The lowest BCUT2D eigenvalue weighted by atomic mass is 10.2. The smallest absolute Gasteiger partial charge is 0.256 e. The van der Waals surface area contributed by atoms with Gasteiger partial charge in [-0.1, -0.05) is 30.3 Å². The Bertz CT molecular complexity index is 618. The molecule has 0 aliphatic rings. The molecular formula is C17H23ClN2O4. The van der Waals surface area contributed by atoms with Gasteiger partial charge in [0.25, 0.3) is 5.91 Å². The van der Waals surface area contributed by atoms with Crippen LogP contribution in [-0.4, -0.2) is 42.2 Å². The minimum absolute atomic E-state index is 0. The first kappa shape index (κ1) is 20.2. The van der Waals surface area contributed by atoms with Gasteiger partial charge in [0.15, 0.2) is 0 Å². The zero-order valence-corrected chi connectivity index (χ0v) is 14.4. The summed E-state index contributed by atoms with van der Waals surface area (Å²) < 4.78 is 10.6. The Labute approximate surface area is 147 Å². The molecule has 0 saturated heterocycles. The van der Waals surface area contributed by atoms with Gasteiger partial charge in [0.1, 0.15) is 12.0 Å². The molecule has 132 valence electrons. The maximum absolute atomic E-state index is 12.2. The van der Waals surface area contributed by atoms with Gasteiger partial charge in [-0.3, -0.25) is 4.79 Å². The van der Waals surface area contributed by atoms with Crippen LogP contribution in [-0.2, 0) is 17.9 Å². The molecule has 0 aliphatic carbocycles. The van der Waals surface area contributed by atoms with Crippen LogP contribution in [0.4, 0.5) is 0 Å². The summed E-state index contributed by atoms with van der Waals surface area (Å²) in [6.45, 7) is 1.01. The van der Waals surface area contributed by atoms with Crippen LogP contribution >= 0.6 is 12.4 Å². The summed E-state index contributed by atoms with van der Waals surface area (Å²) in [6, 6.07) is 11.3. The van der Waals surface area contributed by atoms with Gasteiger partial charge < -0.3 is 24.9 Å². The number of likely N-dealkylation sites (N-methyl/N-ethyl adjacent to an activating group) is 1. The van der Waals surface area contributed by atoms with E-state index < -0.39 is 6.10 Å². The van der Waals surface area contributed by atoms with Crippen LogP contribution in [0.2, 0.25) is 0 Å². The molecule has 1 aromatic heterocycles. The lowest BCUT2D eigenvalue weighted by Gasteiger charge is -2.20. The molecule has 1 unspecified atom stereocenters. The Morgan fingerprint density at radius 2 is 2.08 bits per heavy atom. The molecule has 1 aromatic carbocycles. The number of ether oxygens (including phenoxy) is 1. The number of amides is 1. The minimum Gasteiger partial charge on any atom is -0.467 e. The van der Waals surface area contributed by atoms with Crippen molar-refractivity contribution in [3.63, 3.8) is 0 Å². The number of carbonyl (C=O) groups is 1. The summed E-state index contributed by atoms with van der Waals surface area (Å²) in [5.41, 5.74) is 6.91. The van der Waals surface area contributed by atoms with Crippen molar-refractivity contribution in [1.82, 2.24) is 4.90 Å². The molecule has 0 fully saturated rings. The third-order valence-electron chi connectivity index (χ3n) is 3.35. The van der Waals surface area contributed by atoms with Crippen molar-refractivity contribution in [1.29, 1.82) is 0 Å². The Hall–Kier alpha value is -1.86. The average molecular weight is 355 g/mol. The molecule has 0 spiro atoms. The van der Waals surface area contributed by atoms with Gasteiger partial charge in [0, 0.05) is 13.6 Å². The highest BCUT2D eigenvalue weighted by molar-refractivity contribution is 5.93. The molecule has 1 heterocycles. The molecule has 1 amide bonds. The summed E-state index contributed by atoms with van der Waals surface area (Å²) in [4.78, 5) is 13.6. The van der Waals surface area contributed by atoms with Gasteiger partial charge in [0.2, 0.25) is 0 Å². The molecule has 6 nitrogen and oxygen atoms in total. The first-order valence-corrected chi connectivity index (χ1v) is 7.43. The molecule has 0 saturated carbocycles. The van der Waals surface area contributed by atoms with Gasteiger partial charge in [-0.05, 0) is 11.6 Å². The second-order valence-corrected chi connectivity index (χ2v) is 5.35. The Kier molecular flexibility index (Phi) is 8.49. The first-order valence-electron chi connectivity index (χ1n) is 7.43. The van der Waals surface area contributed by atoms with E-state index in [2.05, 4.69) is 0 Å². The average Bonchev–Trinajstić information content (AvgIpc) is 3.04. The van der Waals surface area contributed by atoms with Gasteiger partial charge >= 0.3 is 0 Å². The first-order chi connectivity index (χ1) is 11.1. The van der Waals surface area contributed by atoms with Crippen molar-refractivity contribution in [2.75, 3.05) is 20.2 Å². The van der Waals surface area contributed by atoms with Crippen LogP contribution in [0.3, 0.4) is 0 Å². The Morgan fingerprint density at radius 3 is 2.71 bits per heavy atom. The van der Waals surface area contributed by atoms with E-state index in [0.717, 1.165) is 5.56 Å². The van der Waals surface area contributed by atoms with Crippen LogP contribution in [0.25, 0.3) is 0 Å². The predicted octanol–water partition coefficient (Wildman–Crippen LogP) is 1.81. The number of furan rings is 1. The van der Waals surface area contributed by atoms with Crippen LogP contribution in [0.15, 0.2) is 47.1 Å². The molecule has 0 radical (unpaired) electrons. The van der Waals surface area contributed by atoms with Gasteiger partial charge in [-0.25, -0.2) is 0 Å². The molecule has 7 heteroatoms. The Balaban J connectivity index is 0.00000288. The monoisotopic (exact) mass is 354 g/mol. The zero-order valence-electron chi connectivity index (χ0n) is 13.6. The quantitative estimate of drug-likeness (QED) is 0.754. The number of carbonyl (C=O) groups excluding carboxylic acids is 1. The fraction of sp³-hybridized carbons (Fsp3) is 0.353. The van der Waals surface area contributed by atoms with Crippen molar-refractivity contribution in [2.45, 2.75) is 19.3 Å². The van der Waals surface area contributed by atoms with Gasteiger partial charge in [-0.2, -0.15) is 0 Å². The van der Waals surface area contributed by atoms with E-state index in [1.807, 2.05) is 30.3 Å². The lowest BCUT2D eigenvalue weighted by Crippen LogP contribution is -2.36. The lowest BCUT2D eigenvalue weighted by molar-refractivity contribution is 0.0137. The number of nitrogens with zero attached hydrogens (tertiary/aromatic N) is 1. The highest BCUT2D eigenvalue weighted by atomic mass is 35.5. The van der Waals surface area contributed by atoms with Crippen molar-refractivity contribution >= 4 is 18.3 Å². The zero-order chi connectivity index (χ0) is 16.7. The summed E-state index contributed by atoms with van der Waals surface area (Å²) in [5.74, 6) is 0.323. The highest BCUT2D eigenvalue weighted by Gasteiger charge is 2.17. The number of aliphatic hydroxyl groups is 1. The standard InChI is InChI=1S/C17H22N2O4.ClH/c1-19(17(21)14-7-16(8-18)23-11-14)9-15(20)12-22-10-13-5-3-2-4-6-13;/h2-7,11,15,20H,8-10,12,18H2,1H3;1H. The molecule has 0 bridgehead atoms. The van der Waals surface area contributed by atoms with Crippen molar-refractivity contribution in [3.05, 3.63) is 59.5 Å². The molecule has 2 aromatic rings. The number of hydrogen-bond donors (Lipinski definition) is 2. The second-order valence-electron chi connectivity index (χ2n) is 5.35. The molecule has 0 aliphatic heterocycles. The topological polar surface area (TPSA) is 88.9 Å². The van der Waals surface area contributed by atoms with Gasteiger partial charge in [-0.15, -0.1) is 12.4 Å². The highest BCUT2D eigenvalue weighted by Crippen LogP contribution is 2.10.